The first kappa shape index (κ1) is 19.8. The number of carbonyl (C=O) groups is 2. The van der Waals surface area contributed by atoms with Crippen molar-refractivity contribution in [3.63, 3.8) is 0 Å². The zero-order valence-corrected chi connectivity index (χ0v) is 17.7. The summed E-state index contributed by atoms with van der Waals surface area (Å²) >= 11 is 3.45. The largest absolute Gasteiger partial charge is 0.477 e. The number of para-hydroxylation sites is 3. The number of nitrogens with zero attached hydrogens (tertiary/aromatic N) is 2. The van der Waals surface area contributed by atoms with E-state index in [2.05, 4.69) is 21.2 Å². The van der Waals surface area contributed by atoms with Gasteiger partial charge >= 0.3 is 0 Å². The maximum atomic E-state index is 13.0. The van der Waals surface area contributed by atoms with E-state index in [1.54, 1.807) is 0 Å². The molecule has 2 aromatic rings. The van der Waals surface area contributed by atoms with Crippen LogP contribution < -0.4 is 15.0 Å². The minimum Gasteiger partial charge on any atom is -0.477 e. The molecule has 2 aromatic carbocycles. The fourth-order valence-electron chi connectivity index (χ4n) is 3.83. The molecule has 4 rings (SSSR count). The number of hydrogen-bond donors (Lipinski definition) is 1. The van der Waals surface area contributed by atoms with Gasteiger partial charge in [-0.3, -0.25) is 9.59 Å². The van der Waals surface area contributed by atoms with Crippen LogP contribution in [0.5, 0.6) is 5.75 Å². The van der Waals surface area contributed by atoms with E-state index in [4.69, 9.17) is 4.74 Å². The van der Waals surface area contributed by atoms with E-state index < -0.39 is 6.10 Å². The molecule has 0 unspecified atom stereocenters. The van der Waals surface area contributed by atoms with Crippen molar-refractivity contribution in [3.05, 3.63) is 53.0 Å². The molecule has 2 aliphatic heterocycles. The highest BCUT2D eigenvalue weighted by Gasteiger charge is 2.34. The van der Waals surface area contributed by atoms with Crippen LogP contribution in [0.2, 0.25) is 0 Å². The number of rotatable bonds is 4. The standard InChI is InChI=1S/C22H24BrN3O3/c23-16-8-2-3-9-17(16)24-21(27)15-26-14-20(22(28)25-12-6-1-7-13-25)29-19-11-5-4-10-18(19)26/h2-5,8-11,20H,1,6-7,12-15H2,(H,24,27)/t20-/m0/s1. The van der Waals surface area contributed by atoms with E-state index in [1.807, 2.05) is 58.3 Å². The third-order valence-electron chi connectivity index (χ3n) is 5.29. The van der Waals surface area contributed by atoms with Gasteiger partial charge in [0.2, 0.25) is 5.91 Å². The molecule has 152 valence electrons. The van der Waals surface area contributed by atoms with Crippen molar-refractivity contribution in [3.8, 4) is 5.75 Å². The predicted molar refractivity (Wildman–Crippen MR) is 116 cm³/mol. The Kier molecular flexibility index (Phi) is 6.04. The lowest BCUT2D eigenvalue weighted by Gasteiger charge is -2.38. The van der Waals surface area contributed by atoms with Gasteiger partial charge in [0.1, 0.15) is 5.75 Å². The van der Waals surface area contributed by atoms with Crippen LogP contribution in [0, 0.1) is 0 Å². The molecule has 29 heavy (non-hydrogen) atoms. The van der Waals surface area contributed by atoms with Crippen molar-refractivity contribution in [1.82, 2.24) is 4.90 Å². The lowest BCUT2D eigenvalue weighted by molar-refractivity contribution is -0.139. The fourth-order valence-corrected chi connectivity index (χ4v) is 4.21. The summed E-state index contributed by atoms with van der Waals surface area (Å²) in [5.41, 5.74) is 1.55. The van der Waals surface area contributed by atoms with Gasteiger partial charge in [-0.2, -0.15) is 0 Å². The first-order valence-corrected chi connectivity index (χ1v) is 10.7. The Morgan fingerprint density at radius 2 is 1.76 bits per heavy atom. The van der Waals surface area contributed by atoms with Crippen LogP contribution in [0.15, 0.2) is 53.0 Å². The van der Waals surface area contributed by atoms with E-state index in [-0.39, 0.29) is 18.4 Å². The van der Waals surface area contributed by atoms with Gasteiger partial charge in [-0.05, 0) is 59.5 Å². The molecule has 1 saturated heterocycles. The van der Waals surface area contributed by atoms with Crippen molar-refractivity contribution in [2.45, 2.75) is 25.4 Å². The van der Waals surface area contributed by atoms with E-state index in [9.17, 15) is 9.59 Å². The molecule has 2 aliphatic rings. The van der Waals surface area contributed by atoms with Gasteiger partial charge in [0.05, 0.1) is 24.5 Å². The van der Waals surface area contributed by atoms with E-state index in [0.29, 0.717) is 12.3 Å². The second-order valence-electron chi connectivity index (χ2n) is 7.37. The van der Waals surface area contributed by atoms with Crippen molar-refractivity contribution in [1.29, 1.82) is 0 Å². The van der Waals surface area contributed by atoms with Crippen LogP contribution in [0.25, 0.3) is 0 Å². The quantitative estimate of drug-likeness (QED) is 0.760. The number of carbonyl (C=O) groups excluding carboxylic acids is 2. The summed E-state index contributed by atoms with van der Waals surface area (Å²) in [7, 11) is 0. The van der Waals surface area contributed by atoms with Gasteiger partial charge in [0.15, 0.2) is 6.10 Å². The van der Waals surface area contributed by atoms with Crippen LogP contribution in [-0.4, -0.2) is 49.0 Å². The van der Waals surface area contributed by atoms with E-state index in [1.165, 1.54) is 6.42 Å². The molecule has 0 aromatic heterocycles. The Morgan fingerprint density at radius 1 is 1.03 bits per heavy atom. The second kappa shape index (κ2) is 8.86. The van der Waals surface area contributed by atoms with Crippen LogP contribution in [0.1, 0.15) is 19.3 Å². The molecule has 0 aliphatic carbocycles. The zero-order valence-electron chi connectivity index (χ0n) is 16.1. The highest BCUT2D eigenvalue weighted by Crippen LogP contribution is 2.33. The number of likely N-dealkylation sites (tertiary alicyclic amines) is 1. The Labute approximate surface area is 178 Å². The number of benzene rings is 2. The number of ether oxygens (including phenoxy) is 1. The molecule has 0 saturated carbocycles. The SMILES string of the molecule is O=C(CN1C[C@@H](C(=O)N2CCCCC2)Oc2ccccc21)Nc1ccccc1Br. The summed E-state index contributed by atoms with van der Waals surface area (Å²) in [6.07, 6.45) is 2.64. The van der Waals surface area contributed by atoms with E-state index in [0.717, 1.165) is 41.8 Å². The molecular weight excluding hydrogens is 434 g/mol. The smallest absolute Gasteiger partial charge is 0.265 e. The van der Waals surface area contributed by atoms with Crippen molar-refractivity contribution in [2.24, 2.45) is 0 Å². The highest BCUT2D eigenvalue weighted by atomic mass is 79.9. The van der Waals surface area contributed by atoms with Crippen molar-refractivity contribution < 1.29 is 14.3 Å². The second-order valence-corrected chi connectivity index (χ2v) is 8.22. The summed E-state index contributed by atoms with van der Waals surface area (Å²) < 4.78 is 6.85. The van der Waals surface area contributed by atoms with Crippen molar-refractivity contribution >= 4 is 39.1 Å². The molecule has 1 N–H and O–H groups in total. The number of piperidine rings is 1. The molecule has 0 spiro atoms. The summed E-state index contributed by atoms with van der Waals surface area (Å²) in [5, 5.41) is 2.93. The first-order chi connectivity index (χ1) is 14.1. The maximum absolute atomic E-state index is 13.0. The minimum absolute atomic E-state index is 0.00964. The Morgan fingerprint density at radius 3 is 2.55 bits per heavy atom. The molecular formula is C22H24BrN3O3. The minimum atomic E-state index is -0.598. The Bertz CT molecular complexity index is 898. The van der Waals surface area contributed by atoms with Gasteiger partial charge in [-0.1, -0.05) is 24.3 Å². The van der Waals surface area contributed by atoms with Gasteiger partial charge in [0.25, 0.3) is 5.91 Å². The van der Waals surface area contributed by atoms with Crippen LogP contribution >= 0.6 is 15.9 Å². The fraction of sp³-hybridized carbons (Fsp3) is 0.364. The lowest BCUT2D eigenvalue weighted by atomic mass is 10.1. The lowest BCUT2D eigenvalue weighted by Crippen LogP contribution is -2.52. The molecule has 7 heteroatoms. The highest BCUT2D eigenvalue weighted by molar-refractivity contribution is 9.10. The Balaban J connectivity index is 1.49. The first-order valence-electron chi connectivity index (χ1n) is 9.95. The number of fused-ring (bicyclic) bond motifs is 1. The van der Waals surface area contributed by atoms with Gasteiger partial charge < -0.3 is 19.9 Å². The number of halogens is 1. The number of nitrogens with one attached hydrogen (secondary N) is 1. The summed E-state index contributed by atoms with van der Waals surface area (Å²) in [6, 6.07) is 15.1. The third-order valence-corrected chi connectivity index (χ3v) is 5.98. The zero-order chi connectivity index (χ0) is 20.2. The molecule has 0 radical (unpaired) electrons. The molecule has 6 nitrogen and oxygen atoms in total. The van der Waals surface area contributed by atoms with Gasteiger partial charge in [-0.15, -0.1) is 0 Å². The topological polar surface area (TPSA) is 61.9 Å². The average molecular weight is 458 g/mol. The predicted octanol–water partition coefficient (Wildman–Crippen LogP) is 3.67. The molecule has 1 atom stereocenters. The summed E-state index contributed by atoms with van der Waals surface area (Å²) in [6.45, 7) is 2.06. The Hall–Kier alpha value is -2.54. The number of amides is 2. The molecule has 0 bridgehead atoms. The monoisotopic (exact) mass is 457 g/mol. The average Bonchev–Trinajstić information content (AvgIpc) is 2.75. The number of anilines is 2. The molecule has 2 amide bonds. The number of hydrogen-bond acceptors (Lipinski definition) is 4. The van der Waals surface area contributed by atoms with E-state index >= 15 is 0 Å². The molecule has 1 fully saturated rings. The van der Waals surface area contributed by atoms with Crippen LogP contribution in [0.3, 0.4) is 0 Å². The van der Waals surface area contributed by atoms with Crippen LogP contribution in [0.4, 0.5) is 11.4 Å². The van der Waals surface area contributed by atoms with Crippen LogP contribution in [-0.2, 0) is 9.59 Å². The molecule has 2 heterocycles. The van der Waals surface area contributed by atoms with Crippen molar-refractivity contribution in [2.75, 3.05) is 36.4 Å². The summed E-state index contributed by atoms with van der Waals surface area (Å²) in [5.74, 6) is 0.510. The summed E-state index contributed by atoms with van der Waals surface area (Å²) in [4.78, 5) is 29.5. The maximum Gasteiger partial charge on any atom is 0.265 e. The normalized spacial score (nSPS) is 18.6. The third kappa shape index (κ3) is 4.56. The van der Waals surface area contributed by atoms with Gasteiger partial charge in [-0.25, -0.2) is 0 Å². The van der Waals surface area contributed by atoms with Gasteiger partial charge in [0, 0.05) is 17.6 Å².